The molecule has 6 heteroatoms. The van der Waals surface area contributed by atoms with Crippen LogP contribution in [0.2, 0.25) is 0 Å². The zero-order valence-corrected chi connectivity index (χ0v) is 15.8. The summed E-state index contributed by atoms with van der Waals surface area (Å²) in [6.45, 7) is 1.77. The van der Waals surface area contributed by atoms with E-state index in [9.17, 15) is 9.59 Å². The first-order valence-corrected chi connectivity index (χ1v) is 9.74. The van der Waals surface area contributed by atoms with Gasteiger partial charge in [0.05, 0.1) is 6.61 Å². The number of hydrogen-bond donors (Lipinski definition) is 1. The highest BCUT2D eigenvalue weighted by Crippen LogP contribution is 2.40. The minimum absolute atomic E-state index is 0.262. The fourth-order valence-electron chi connectivity index (χ4n) is 3.85. The largest absolute Gasteiger partial charge is 0.493 e. The number of likely N-dealkylation sites (tertiary alicyclic amines) is 1. The first kappa shape index (κ1) is 18.2. The van der Waals surface area contributed by atoms with Gasteiger partial charge in [-0.05, 0) is 48.9 Å². The molecule has 5 nitrogen and oxygen atoms in total. The summed E-state index contributed by atoms with van der Waals surface area (Å²) in [7, 11) is 0. The summed E-state index contributed by atoms with van der Waals surface area (Å²) < 4.78 is 7.20. The Morgan fingerprint density at radius 3 is 2.72 bits per heavy atom. The molecule has 1 heterocycles. The summed E-state index contributed by atoms with van der Waals surface area (Å²) in [5.74, 6) is 0.416. The van der Waals surface area contributed by atoms with Gasteiger partial charge >= 0.3 is 5.97 Å². The van der Waals surface area contributed by atoms with Crippen LogP contribution in [0.15, 0.2) is 22.7 Å². The van der Waals surface area contributed by atoms with E-state index in [1.165, 1.54) is 31.2 Å². The normalized spacial score (nSPS) is 20.8. The first-order valence-electron chi connectivity index (χ1n) is 8.94. The number of benzene rings is 1. The third-order valence-electron chi connectivity index (χ3n) is 5.18. The summed E-state index contributed by atoms with van der Waals surface area (Å²) in [5, 5.41) is 8.74. The number of carboxylic acid groups (broad SMARTS) is 1. The molecule has 1 N–H and O–H groups in total. The van der Waals surface area contributed by atoms with E-state index in [0.29, 0.717) is 25.6 Å². The zero-order valence-electron chi connectivity index (χ0n) is 14.2. The van der Waals surface area contributed by atoms with Crippen molar-refractivity contribution in [2.45, 2.75) is 44.4 Å². The van der Waals surface area contributed by atoms with Gasteiger partial charge in [0.15, 0.2) is 0 Å². The summed E-state index contributed by atoms with van der Waals surface area (Å²) in [5.41, 5.74) is 1.28. The average molecular weight is 410 g/mol. The van der Waals surface area contributed by atoms with Gasteiger partial charge in [-0.1, -0.05) is 28.8 Å². The molecule has 0 radical (unpaired) electrons. The molecule has 1 saturated heterocycles. The van der Waals surface area contributed by atoms with Crippen LogP contribution in [0.3, 0.4) is 0 Å². The van der Waals surface area contributed by atoms with Gasteiger partial charge in [0.25, 0.3) is 0 Å². The topological polar surface area (TPSA) is 66.8 Å². The van der Waals surface area contributed by atoms with E-state index in [4.69, 9.17) is 9.84 Å². The number of hydrogen-bond acceptors (Lipinski definition) is 3. The van der Waals surface area contributed by atoms with Gasteiger partial charge in [0.2, 0.25) is 5.91 Å². The number of rotatable bonds is 6. The molecule has 1 aliphatic heterocycles. The lowest BCUT2D eigenvalue weighted by molar-refractivity contribution is -0.143. The van der Waals surface area contributed by atoms with Crippen molar-refractivity contribution in [3.8, 4) is 5.75 Å². The molecule has 136 valence electrons. The van der Waals surface area contributed by atoms with Crippen molar-refractivity contribution in [2.75, 3.05) is 19.7 Å². The molecule has 1 amide bonds. The molecule has 0 bridgehead atoms. The summed E-state index contributed by atoms with van der Waals surface area (Å²) in [6.07, 6.45) is 5.42. The fraction of sp³-hybridized carbons (Fsp3) is 0.579. The van der Waals surface area contributed by atoms with Crippen LogP contribution in [0, 0.1) is 5.92 Å². The predicted molar refractivity (Wildman–Crippen MR) is 97.8 cm³/mol. The van der Waals surface area contributed by atoms with E-state index in [0.717, 1.165) is 16.6 Å². The van der Waals surface area contributed by atoms with Gasteiger partial charge < -0.3 is 14.7 Å². The maximum absolute atomic E-state index is 11.8. The molecule has 1 saturated carbocycles. The number of carboxylic acids is 1. The van der Waals surface area contributed by atoms with Crippen molar-refractivity contribution in [2.24, 2.45) is 5.92 Å². The lowest BCUT2D eigenvalue weighted by Gasteiger charge is -2.19. The second-order valence-corrected chi connectivity index (χ2v) is 7.96. The highest BCUT2D eigenvalue weighted by atomic mass is 79.9. The molecule has 1 aromatic carbocycles. The summed E-state index contributed by atoms with van der Waals surface area (Å²) >= 11 is 3.56. The number of carbonyl (C=O) groups excluding carboxylic acids is 1. The van der Waals surface area contributed by atoms with Gasteiger partial charge in [-0.3, -0.25) is 9.59 Å². The molecule has 1 atom stereocenters. The second-order valence-electron chi connectivity index (χ2n) is 7.04. The van der Waals surface area contributed by atoms with Gasteiger partial charge in [-0.15, -0.1) is 0 Å². The Hall–Kier alpha value is -1.56. The molecular weight excluding hydrogens is 386 g/mol. The van der Waals surface area contributed by atoms with E-state index >= 15 is 0 Å². The summed E-state index contributed by atoms with van der Waals surface area (Å²) in [4.78, 5) is 24.2. The van der Waals surface area contributed by atoms with Crippen LogP contribution in [-0.4, -0.2) is 41.6 Å². The zero-order chi connectivity index (χ0) is 17.8. The Labute approximate surface area is 156 Å². The first-order chi connectivity index (χ1) is 12.0. The lowest BCUT2D eigenvalue weighted by atomic mass is 9.97. The minimum atomic E-state index is -1.07. The Morgan fingerprint density at radius 1 is 1.24 bits per heavy atom. The molecular formula is C19H24BrNO4. The van der Waals surface area contributed by atoms with Crippen LogP contribution in [0.5, 0.6) is 5.75 Å². The van der Waals surface area contributed by atoms with Crippen molar-refractivity contribution in [3.63, 3.8) is 0 Å². The number of carbonyl (C=O) groups is 2. The third-order valence-corrected chi connectivity index (χ3v) is 5.68. The lowest BCUT2D eigenvalue weighted by Crippen LogP contribution is -2.31. The number of nitrogens with zero attached hydrogens (tertiary/aromatic N) is 1. The molecule has 0 spiro atoms. The van der Waals surface area contributed by atoms with Crippen molar-refractivity contribution < 1.29 is 19.4 Å². The molecule has 25 heavy (non-hydrogen) atoms. The van der Waals surface area contributed by atoms with Gasteiger partial charge in [0, 0.05) is 23.5 Å². The van der Waals surface area contributed by atoms with E-state index in [1.807, 2.05) is 12.1 Å². The smallest absolute Gasteiger partial charge is 0.312 e. The molecule has 0 aromatic heterocycles. The summed E-state index contributed by atoms with van der Waals surface area (Å²) in [6, 6.07) is 6.20. The molecule has 2 fully saturated rings. The Morgan fingerprint density at radius 2 is 2.00 bits per heavy atom. The molecule has 0 unspecified atom stereocenters. The van der Waals surface area contributed by atoms with Crippen molar-refractivity contribution >= 4 is 27.8 Å². The van der Waals surface area contributed by atoms with Crippen molar-refractivity contribution in [1.82, 2.24) is 4.90 Å². The van der Waals surface area contributed by atoms with Crippen molar-refractivity contribution in [1.29, 1.82) is 0 Å². The molecule has 1 aromatic rings. The van der Waals surface area contributed by atoms with Crippen LogP contribution in [-0.2, 0) is 9.59 Å². The Balaban J connectivity index is 1.57. The molecule has 1 aliphatic carbocycles. The van der Waals surface area contributed by atoms with Gasteiger partial charge in [0.1, 0.15) is 12.2 Å². The fourth-order valence-corrected chi connectivity index (χ4v) is 4.23. The third kappa shape index (κ3) is 4.75. The van der Waals surface area contributed by atoms with Crippen molar-refractivity contribution in [3.05, 3.63) is 28.2 Å². The highest BCUT2D eigenvalue weighted by molar-refractivity contribution is 9.10. The van der Waals surface area contributed by atoms with E-state index in [1.54, 1.807) is 4.90 Å². The molecule has 3 rings (SSSR count). The van der Waals surface area contributed by atoms with Gasteiger partial charge in [-0.2, -0.15) is 0 Å². The number of aliphatic carboxylic acids is 1. The van der Waals surface area contributed by atoms with Crippen LogP contribution in [0.25, 0.3) is 0 Å². The maximum atomic E-state index is 11.8. The average Bonchev–Trinajstić information content (AvgIpc) is 3.25. The number of amides is 1. The standard InChI is InChI=1S/C19H24BrNO4/c20-15-5-6-17(16(9-15)14-3-1-2-4-14)25-12-13-7-8-21(11-13)18(22)10-19(23)24/h5-6,9,13-14H,1-4,7-8,10-12H2,(H,23,24)/t13-/m0/s1. The predicted octanol–water partition coefficient (Wildman–Crippen LogP) is 3.81. The highest BCUT2D eigenvalue weighted by Gasteiger charge is 2.28. The Bertz CT molecular complexity index is 642. The van der Waals surface area contributed by atoms with E-state index in [-0.39, 0.29) is 11.8 Å². The van der Waals surface area contributed by atoms with Crippen LogP contribution < -0.4 is 4.74 Å². The minimum Gasteiger partial charge on any atom is -0.493 e. The van der Waals surface area contributed by atoms with Crippen LogP contribution in [0.1, 0.15) is 50.0 Å². The Kier molecular flexibility index (Phi) is 5.99. The second kappa shape index (κ2) is 8.21. The number of halogens is 1. The quantitative estimate of drug-likeness (QED) is 0.725. The van der Waals surface area contributed by atoms with Crippen LogP contribution >= 0.6 is 15.9 Å². The van der Waals surface area contributed by atoms with E-state index < -0.39 is 12.4 Å². The maximum Gasteiger partial charge on any atom is 0.312 e. The van der Waals surface area contributed by atoms with Crippen LogP contribution in [0.4, 0.5) is 0 Å². The number of ether oxygens (including phenoxy) is 1. The molecule has 2 aliphatic rings. The van der Waals surface area contributed by atoms with Gasteiger partial charge in [-0.25, -0.2) is 0 Å². The SMILES string of the molecule is O=C(O)CC(=O)N1CC[C@H](COc2ccc(Br)cc2C2CCCC2)C1. The van der Waals surface area contributed by atoms with E-state index in [2.05, 4.69) is 22.0 Å². The monoisotopic (exact) mass is 409 g/mol.